The molecule has 1 amide bonds. The average molecular weight is 301 g/mol. The van der Waals surface area contributed by atoms with Crippen molar-refractivity contribution in [2.24, 2.45) is 0 Å². The van der Waals surface area contributed by atoms with Gasteiger partial charge in [-0.15, -0.1) is 0 Å². The normalized spacial score (nSPS) is 11.6. The van der Waals surface area contributed by atoms with Gasteiger partial charge in [-0.2, -0.15) is 4.73 Å². The molecule has 0 aliphatic carbocycles. The first kappa shape index (κ1) is 16.4. The second kappa shape index (κ2) is 7.20. The predicted molar refractivity (Wildman–Crippen MR) is 74.4 cm³/mol. The smallest absolute Gasteiger partial charge is 0.317 e. The first-order chi connectivity index (χ1) is 9.38. The lowest BCUT2D eigenvalue weighted by atomic mass is 10.3. The molecule has 112 valence electrons. The Hall–Kier alpha value is -1.67. The minimum absolute atomic E-state index is 0.0158. The van der Waals surface area contributed by atoms with E-state index in [-0.39, 0.29) is 11.4 Å². The molecule has 0 atom stereocenters. The molecule has 1 rings (SSSR count). The Bertz CT molecular complexity index is 560. The highest BCUT2D eigenvalue weighted by Gasteiger charge is 2.16. The van der Waals surface area contributed by atoms with Crippen molar-refractivity contribution in [2.45, 2.75) is 13.3 Å². The van der Waals surface area contributed by atoms with Crippen LogP contribution < -0.4 is 10.0 Å². The van der Waals surface area contributed by atoms with Gasteiger partial charge < -0.3 is 10.5 Å². The number of amides is 1. The second-order valence-corrected chi connectivity index (χ2v) is 6.61. The zero-order chi connectivity index (χ0) is 15.2. The number of sulfonamides is 1. The van der Waals surface area contributed by atoms with Crippen LogP contribution in [0.15, 0.2) is 24.4 Å². The van der Waals surface area contributed by atoms with Gasteiger partial charge in [0.1, 0.15) is 0 Å². The third-order valence-corrected chi connectivity index (χ3v) is 4.69. The van der Waals surface area contributed by atoms with Crippen molar-refractivity contribution in [1.82, 2.24) is 9.62 Å². The van der Waals surface area contributed by atoms with E-state index < -0.39 is 15.9 Å². The molecule has 1 N–H and O–H groups in total. The Kier molecular flexibility index (Phi) is 5.90. The van der Waals surface area contributed by atoms with Gasteiger partial charge in [0.2, 0.25) is 10.0 Å². The molecule has 0 bridgehead atoms. The highest BCUT2D eigenvalue weighted by atomic mass is 32.2. The van der Waals surface area contributed by atoms with Crippen LogP contribution in [0.1, 0.15) is 23.8 Å². The maximum atomic E-state index is 11.7. The van der Waals surface area contributed by atoms with Crippen LogP contribution >= 0.6 is 0 Å². The number of hydrogen-bond donors (Lipinski definition) is 1. The van der Waals surface area contributed by atoms with Crippen molar-refractivity contribution >= 4 is 15.9 Å². The zero-order valence-electron chi connectivity index (χ0n) is 11.6. The van der Waals surface area contributed by atoms with Crippen molar-refractivity contribution < 1.29 is 17.9 Å². The highest BCUT2D eigenvalue weighted by Crippen LogP contribution is 1.98. The molecular formula is C12H19N3O4S. The van der Waals surface area contributed by atoms with Gasteiger partial charge in [0.25, 0.3) is 5.69 Å². The number of nitrogens with one attached hydrogen (secondary N) is 1. The number of nitrogens with zero attached hydrogens (tertiary/aromatic N) is 2. The van der Waals surface area contributed by atoms with Crippen molar-refractivity contribution in [3.8, 4) is 0 Å². The third kappa shape index (κ3) is 4.46. The molecule has 20 heavy (non-hydrogen) atoms. The summed E-state index contributed by atoms with van der Waals surface area (Å²) >= 11 is 0. The third-order valence-electron chi connectivity index (χ3n) is 2.83. The number of carbonyl (C=O) groups is 1. The first-order valence-electron chi connectivity index (χ1n) is 6.29. The molecule has 1 aromatic heterocycles. The number of carbonyl (C=O) groups excluding carboxylic acids is 1. The lowest BCUT2D eigenvalue weighted by molar-refractivity contribution is -0.607. The van der Waals surface area contributed by atoms with Crippen LogP contribution in [-0.2, 0) is 10.0 Å². The molecule has 0 unspecified atom stereocenters. The molecule has 0 radical (unpaired) electrons. The van der Waals surface area contributed by atoms with Gasteiger partial charge in [-0.3, -0.25) is 4.79 Å². The Morgan fingerprint density at radius 3 is 2.75 bits per heavy atom. The summed E-state index contributed by atoms with van der Waals surface area (Å²) in [7, 11) is -1.69. The first-order valence-corrected chi connectivity index (χ1v) is 7.90. The molecule has 8 heteroatoms. The summed E-state index contributed by atoms with van der Waals surface area (Å²) in [4.78, 5) is 11.7. The Morgan fingerprint density at radius 1 is 1.45 bits per heavy atom. The number of hydrogen-bond acceptors (Lipinski definition) is 4. The molecular weight excluding hydrogens is 282 g/mol. The lowest BCUT2D eigenvalue weighted by Crippen LogP contribution is -2.40. The average Bonchev–Trinajstić information content (AvgIpc) is 2.43. The van der Waals surface area contributed by atoms with Crippen molar-refractivity contribution in [3.05, 3.63) is 35.3 Å². The molecule has 7 nitrogen and oxygen atoms in total. The molecule has 1 aromatic rings. The van der Waals surface area contributed by atoms with E-state index in [0.29, 0.717) is 24.2 Å². The largest absolute Gasteiger partial charge is 0.618 e. The van der Waals surface area contributed by atoms with Crippen LogP contribution in [-0.4, -0.2) is 44.5 Å². The molecule has 0 saturated heterocycles. The number of rotatable bonds is 7. The fraction of sp³-hybridized carbons (Fsp3) is 0.500. The molecule has 0 fully saturated rings. The van der Waals surface area contributed by atoms with Crippen molar-refractivity contribution in [2.75, 3.05) is 25.9 Å². The number of aromatic nitrogens is 1. The van der Waals surface area contributed by atoms with Gasteiger partial charge in [0.05, 0.1) is 5.75 Å². The Morgan fingerprint density at radius 2 is 2.15 bits per heavy atom. The zero-order valence-corrected chi connectivity index (χ0v) is 12.4. The summed E-state index contributed by atoms with van der Waals surface area (Å²) in [6.07, 6.45) is 1.73. The second-order valence-electron chi connectivity index (χ2n) is 4.24. The van der Waals surface area contributed by atoms with E-state index in [2.05, 4.69) is 5.32 Å². The maximum absolute atomic E-state index is 11.7. The summed E-state index contributed by atoms with van der Waals surface area (Å²) < 4.78 is 24.7. The van der Waals surface area contributed by atoms with Crippen LogP contribution in [0.4, 0.5) is 0 Å². The minimum Gasteiger partial charge on any atom is -0.618 e. The lowest BCUT2D eigenvalue weighted by Gasteiger charge is -2.15. The summed E-state index contributed by atoms with van der Waals surface area (Å²) in [6, 6.07) is 4.56. The van der Waals surface area contributed by atoms with Crippen LogP contribution in [0.3, 0.4) is 0 Å². The molecule has 1 heterocycles. The molecule has 0 aromatic carbocycles. The van der Waals surface area contributed by atoms with E-state index in [1.165, 1.54) is 29.7 Å². The van der Waals surface area contributed by atoms with E-state index in [1.807, 2.05) is 0 Å². The van der Waals surface area contributed by atoms with Crippen LogP contribution in [0.25, 0.3) is 0 Å². The van der Waals surface area contributed by atoms with E-state index >= 15 is 0 Å². The summed E-state index contributed by atoms with van der Waals surface area (Å²) in [5.41, 5.74) is 0.0158. The van der Waals surface area contributed by atoms with E-state index in [1.54, 1.807) is 13.0 Å². The summed E-state index contributed by atoms with van der Waals surface area (Å²) in [6.45, 7) is 2.20. The topological polar surface area (TPSA) is 93.4 Å². The van der Waals surface area contributed by atoms with Crippen LogP contribution in [0, 0.1) is 5.21 Å². The van der Waals surface area contributed by atoms with Crippen molar-refractivity contribution in [1.29, 1.82) is 0 Å². The summed E-state index contributed by atoms with van der Waals surface area (Å²) in [5, 5.41) is 13.9. The van der Waals surface area contributed by atoms with Gasteiger partial charge in [-0.25, -0.2) is 12.7 Å². The van der Waals surface area contributed by atoms with Gasteiger partial charge in [-0.05, 0) is 19.4 Å². The fourth-order valence-corrected chi connectivity index (χ4v) is 2.41. The Labute approximate surface area is 118 Å². The highest BCUT2D eigenvalue weighted by molar-refractivity contribution is 7.89. The molecule has 0 spiro atoms. The van der Waals surface area contributed by atoms with E-state index in [4.69, 9.17) is 0 Å². The van der Waals surface area contributed by atoms with Gasteiger partial charge in [-0.1, -0.05) is 0 Å². The molecule has 0 aliphatic rings. The molecule has 0 aliphatic heterocycles. The standard InChI is InChI=1S/C12H19N3O4S/c1-3-20(18,19)14(2)9-6-8-13-12(16)11-7-4-5-10-15(11)17/h4-5,7,10H,3,6,8-9H2,1-2H3,(H,13,16). The van der Waals surface area contributed by atoms with Gasteiger partial charge in [0, 0.05) is 32.3 Å². The summed E-state index contributed by atoms with van der Waals surface area (Å²) in [5.74, 6) is -0.419. The Balaban J connectivity index is 2.39. The van der Waals surface area contributed by atoms with Gasteiger partial charge in [0.15, 0.2) is 6.20 Å². The fourth-order valence-electron chi connectivity index (χ4n) is 1.56. The maximum Gasteiger partial charge on any atom is 0.317 e. The SMILES string of the molecule is CCS(=O)(=O)N(C)CCCNC(=O)c1cccc[n+]1[O-]. The van der Waals surface area contributed by atoms with Gasteiger partial charge >= 0.3 is 5.91 Å². The van der Waals surface area contributed by atoms with E-state index in [0.717, 1.165) is 0 Å². The van der Waals surface area contributed by atoms with Crippen molar-refractivity contribution in [3.63, 3.8) is 0 Å². The van der Waals surface area contributed by atoms with Crippen LogP contribution in [0.5, 0.6) is 0 Å². The van der Waals surface area contributed by atoms with Crippen LogP contribution in [0.2, 0.25) is 0 Å². The predicted octanol–water partition coefficient (Wildman–Crippen LogP) is -0.279. The monoisotopic (exact) mass is 301 g/mol. The quantitative estimate of drug-likeness (QED) is 0.426. The minimum atomic E-state index is -3.19. The van der Waals surface area contributed by atoms with E-state index in [9.17, 15) is 18.4 Å². The number of pyridine rings is 1. The molecule has 0 saturated carbocycles.